The molecule has 0 unspecified atom stereocenters. The lowest BCUT2D eigenvalue weighted by molar-refractivity contribution is -0.124. The molecule has 0 bridgehead atoms. The minimum Gasteiger partial charge on any atom is -0.368 e. The van der Waals surface area contributed by atoms with Gasteiger partial charge in [-0.05, 0) is 25.2 Å². The normalized spacial score (nSPS) is 20.9. The molecule has 1 amide bonds. The molecule has 18 heavy (non-hydrogen) atoms. The van der Waals surface area contributed by atoms with E-state index >= 15 is 0 Å². The number of rotatable bonds is 5. The van der Waals surface area contributed by atoms with E-state index in [1.54, 1.807) is 0 Å². The molecule has 1 fully saturated rings. The molecular formula is C13H21N3O2. The number of carbonyl (C=O) groups is 1. The molecule has 2 atom stereocenters. The van der Waals surface area contributed by atoms with Crippen LogP contribution >= 0.6 is 0 Å². The maximum atomic E-state index is 11.8. The molecule has 0 radical (unpaired) electrons. The zero-order chi connectivity index (χ0) is 13.0. The number of ether oxygens (including phenoxy) is 1. The van der Waals surface area contributed by atoms with Gasteiger partial charge in [0.25, 0.3) is 5.91 Å². The molecular weight excluding hydrogens is 230 g/mol. The van der Waals surface area contributed by atoms with Crippen LogP contribution in [0.15, 0.2) is 6.07 Å². The topological polar surface area (TPSA) is 67.0 Å². The van der Waals surface area contributed by atoms with Crippen molar-refractivity contribution in [2.45, 2.75) is 51.6 Å². The van der Waals surface area contributed by atoms with Crippen molar-refractivity contribution in [2.75, 3.05) is 11.9 Å². The van der Waals surface area contributed by atoms with Gasteiger partial charge in [0.2, 0.25) is 0 Å². The van der Waals surface area contributed by atoms with Crippen molar-refractivity contribution in [3.63, 3.8) is 0 Å². The Morgan fingerprint density at radius 3 is 3.22 bits per heavy atom. The zero-order valence-electron chi connectivity index (χ0n) is 11.0. The molecule has 2 rings (SSSR count). The van der Waals surface area contributed by atoms with E-state index in [1.807, 2.05) is 6.07 Å². The number of hydrogen-bond acceptors (Lipinski definition) is 3. The predicted octanol–water partition coefficient (Wildman–Crippen LogP) is 2.43. The lowest BCUT2D eigenvalue weighted by Crippen LogP contribution is -2.26. The molecule has 1 aromatic heterocycles. The Bertz CT molecular complexity index is 397. The molecule has 2 N–H and O–H groups in total. The summed E-state index contributed by atoms with van der Waals surface area (Å²) in [6, 6.07) is 1.91. The Morgan fingerprint density at radius 1 is 1.72 bits per heavy atom. The van der Waals surface area contributed by atoms with Gasteiger partial charge in [0.05, 0.1) is 0 Å². The number of H-pyrrole nitrogens is 1. The van der Waals surface area contributed by atoms with E-state index in [9.17, 15) is 4.79 Å². The van der Waals surface area contributed by atoms with Crippen molar-refractivity contribution in [3.05, 3.63) is 11.8 Å². The first-order valence-corrected chi connectivity index (χ1v) is 6.68. The summed E-state index contributed by atoms with van der Waals surface area (Å²) in [6.45, 7) is 4.99. The van der Waals surface area contributed by atoms with Gasteiger partial charge in [0, 0.05) is 18.4 Å². The van der Waals surface area contributed by atoms with Crippen molar-refractivity contribution in [2.24, 2.45) is 0 Å². The van der Waals surface area contributed by atoms with Crippen LogP contribution in [-0.4, -0.2) is 28.8 Å². The second-order valence-electron chi connectivity index (χ2n) is 4.89. The van der Waals surface area contributed by atoms with Gasteiger partial charge in [-0.25, -0.2) is 0 Å². The van der Waals surface area contributed by atoms with Crippen LogP contribution in [0.4, 0.5) is 5.82 Å². The van der Waals surface area contributed by atoms with Crippen LogP contribution in [-0.2, 0) is 9.53 Å². The van der Waals surface area contributed by atoms with E-state index in [2.05, 4.69) is 29.4 Å². The lowest BCUT2D eigenvalue weighted by Gasteiger charge is -2.08. The largest absolute Gasteiger partial charge is 0.368 e. The highest BCUT2D eigenvalue weighted by atomic mass is 16.5. The third kappa shape index (κ3) is 3.10. The molecule has 1 saturated heterocycles. The van der Waals surface area contributed by atoms with E-state index in [1.165, 1.54) is 0 Å². The minimum absolute atomic E-state index is 0.0892. The fourth-order valence-corrected chi connectivity index (χ4v) is 2.23. The highest BCUT2D eigenvalue weighted by molar-refractivity contribution is 5.93. The van der Waals surface area contributed by atoms with E-state index in [0.29, 0.717) is 18.3 Å². The minimum atomic E-state index is -0.307. The first-order valence-electron chi connectivity index (χ1n) is 6.68. The van der Waals surface area contributed by atoms with Gasteiger partial charge in [-0.15, -0.1) is 0 Å². The van der Waals surface area contributed by atoms with Gasteiger partial charge in [-0.1, -0.05) is 20.3 Å². The number of aromatic amines is 1. The van der Waals surface area contributed by atoms with Gasteiger partial charge in [-0.2, -0.15) is 5.10 Å². The standard InChI is InChI=1S/C13H21N3O2/c1-3-5-9(2)10-8-12(16-15-10)14-13(17)11-6-4-7-18-11/h8-9,11H,3-7H2,1-2H3,(H2,14,15,16,17)/t9-,11+/m1/s1. The molecule has 2 heterocycles. The van der Waals surface area contributed by atoms with Crippen LogP contribution in [0.3, 0.4) is 0 Å². The molecule has 5 nitrogen and oxygen atoms in total. The molecule has 100 valence electrons. The van der Waals surface area contributed by atoms with E-state index in [4.69, 9.17) is 4.74 Å². The maximum Gasteiger partial charge on any atom is 0.254 e. The average Bonchev–Trinajstić information content (AvgIpc) is 2.99. The van der Waals surface area contributed by atoms with Gasteiger partial charge in [0.1, 0.15) is 6.10 Å². The van der Waals surface area contributed by atoms with Crippen LogP contribution in [0.2, 0.25) is 0 Å². The first kappa shape index (κ1) is 13.1. The maximum absolute atomic E-state index is 11.8. The summed E-state index contributed by atoms with van der Waals surface area (Å²) in [7, 11) is 0. The molecule has 0 aliphatic carbocycles. The number of amides is 1. The zero-order valence-corrected chi connectivity index (χ0v) is 11.0. The quantitative estimate of drug-likeness (QED) is 0.844. The predicted molar refractivity (Wildman–Crippen MR) is 69.5 cm³/mol. The second-order valence-corrected chi connectivity index (χ2v) is 4.89. The van der Waals surface area contributed by atoms with Crippen LogP contribution in [0.25, 0.3) is 0 Å². The summed E-state index contributed by atoms with van der Waals surface area (Å²) in [4.78, 5) is 11.8. The van der Waals surface area contributed by atoms with Crippen molar-refractivity contribution in [3.8, 4) is 0 Å². The molecule has 1 aromatic rings. The highest BCUT2D eigenvalue weighted by Gasteiger charge is 2.24. The Morgan fingerprint density at radius 2 is 2.56 bits per heavy atom. The van der Waals surface area contributed by atoms with Crippen molar-refractivity contribution in [1.82, 2.24) is 10.2 Å². The number of nitrogens with one attached hydrogen (secondary N) is 2. The molecule has 0 spiro atoms. The molecule has 1 aliphatic heterocycles. The molecule has 5 heteroatoms. The van der Waals surface area contributed by atoms with Crippen molar-refractivity contribution >= 4 is 11.7 Å². The number of nitrogens with zero attached hydrogens (tertiary/aromatic N) is 1. The number of aromatic nitrogens is 2. The van der Waals surface area contributed by atoms with Crippen LogP contribution < -0.4 is 5.32 Å². The summed E-state index contributed by atoms with van der Waals surface area (Å²) in [5.74, 6) is 0.943. The van der Waals surface area contributed by atoms with E-state index in [0.717, 1.165) is 31.4 Å². The molecule has 1 aliphatic rings. The second kappa shape index (κ2) is 6.00. The third-order valence-electron chi connectivity index (χ3n) is 3.32. The first-order chi connectivity index (χ1) is 8.70. The third-order valence-corrected chi connectivity index (χ3v) is 3.32. The summed E-state index contributed by atoms with van der Waals surface area (Å²) < 4.78 is 5.33. The fourth-order valence-electron chi connectivity index (χ4n) is 2.23. The highest BCUT2D eigenvalue weighted by Crippen LogP contribution is 2.21. The number of hydrogen-bond donors (Lipinski definition) is 2. The van der Waals surface area contributed by atoms with Gasteiger partial charge < -0.3 is 10.1 Å². The average molecular weight is 251 g/mol. The number of carbonyl (C=O) groups excluding carboxylic acids is 1. The van der Waals surface area contributed by atoms with E-state index in [-0.39, 0.29) is 12.0 Å². The Kier molecular flexibility index (Phi) is 4.36. The van der Waals surface area contributed by atoms with Gasteiger partial charge in [-0.3, -0.25) is 9.89 Å². The van der Waals surface area contributed by atoms with Gasteiger partial charge in [0.15, 0.2) is 5.82 Å². The summed E-state index contributed by atoms with van der Waals surface area (Å²) in [6.07, 6.45) is 3.70. The van der Waals surface area contributed by atoms with Crippen LogP contribution in [0.1, 0.15) is 51.1 Å². The molecule has 0 saturated carbocycles. The van der Waals surface area contributed by atoms with Crippen molar-refractivity contribution in [1.29, 1.82) is 0 Å². The van der Waals surface area contributed by atoms with Crippen LogP contribution in [0, 0.1) is 0 Å². The fraction of sp³-hybridized carbons (Fsp3) is 0.692. The monoisotopic (exact) mass is 251 g/mol. The van der Waals surface area contributed by atoms with E-state index < -0.39 is 0 Å². The summed E-state index contributed by atoms with van der Waals surface area (Å²) in [5, 5.41) is 9.89. The lowest BCUT2D eigenvalue weighted by atomic mass is 10.0. The van der Waals surface area contributed by atoms with Crippen molar-refractivity contribution < 1.29 is 9.53 Å². The number of anilines is 1. The summed E-state index contributed by atoms with van der Waals surface area (Å²) >= 11 is 0. The summed E-state index contributed by atoms with van der Waals surface area (Å²) in [5.41, 5.74) is 1.07. The smallest absolute Gasteiger partial charge is 0.254 e. The molecule has 0 aromatic carbocycles. The Balaban J connectivity index is 1.91. The Hall–Kier alpha value is -1.36. The van der Waals surface area contributed by atoms with Gasteiger partial charge >= 0.3 is 0 Å². The Labute approximate surface area is 107 Å². The van der Waals surface area contributed by atoms with Crippen LogP contribution in [0.5, 0.6) is 0 Å². The SMILES string of the molecule is CCC[C@@H](C)c1cc(NC(=O)[C@@H]2CCCO2)n[nH]1.